The topological polar surface area (TPSA) is 15.3 Å². The molecular weight excluding hydrogens is 531 g/mol. The van der Waals surface area contributed by atoms with E-state index in [0.717, 1.165) is 43.7 Å². The smallest absolute Gasteiger partial charge is 0.241 e. The molecule has 2 unspecified atom stereocenters. The van der Waals surface area contributed by atoms with Crippen molar-refractivity contribution in [3.8, 4) is 0 Å². The highest BCUT2D eigenvalue weighted by Gasteiger charge is 2.42. The SMILES string of the molecule is CC.FC(F)(F)c1cc(C2NSN3CCCC23)cc(C(F)(F)F)c1.FC(F)(F)c1ccc(Cl)cc1. The normalized spacial score (nSPS) is 20.5. The van der Waals surface area contributed by atoms with Gasteiger partial charge in [-0.25, -0.2) is 9.03 Å². The van der Waals surface area contributed by atoms with Gasteiger partial charge in [-0.1, -0.05) is 25.4 Å². The van der Waals surface area contributed by atoms with Crippen molar-refractivity contribution in [3.63, 3.8) is 0 Å². The van der Waals surface area contributed by atoms with Crippen molar-refractivity contribution in [1.82, 2.24) is 9.03 Å². The van der Waals surface area contributed by atoms with Gasteiger partial charge in [0.2, 0.25) is 0 Å². The molecule has 0 bridgehead atoms. The third-order valence-corrected chi connectivity index (χ3v) is 6.37. The van der Waals surface area contributed by atoms with Crippen molar-refractivity contribution in [3.05, 3.63) is 69.7 Å². The molecule has 2 fully saturated rings. The van der Waals surface area contributed by atoms with Crippen molar-refractivity contribution in [2.24, 2.45) is 0 Å². The molecule has 2 atom stereocenters. The average molecular weight is 553 g/mol. The Labute approximate surface area is 206 Å². The molecule has 2 aliphatic heterocycles. The molecule has 0 radical (unpaired) electrons. The zero-order valence-corrected chi connectivity index (χ0v) is 20.0. The zero-order chi connectivity index (χ0) is 26.6. The number of rotatable bonds is 1. The predicted molar refractivity (Wildman–Crippen MR) is 117 cm³/mol. The summed E-state index contributed by atoms with van der Waals surface area (Å²) < 4.78 is 118. The largest absolute Gasteiger partial charge is 0.416 e. The van der Waals surface area contributed by atoms with Crippen LogP contribution >= 0.6 is 23.7 Å². The molecule has 1 N–H and O–H groups in total. The van der Waals surface area contributed by atoms with Crippen molar-refractivity contribution in [1.29, 1.82) is 0 Å². The van der Waals surface area contributed by atoms with Crippen LogP contribution in [0, 0.1) is 0 Å². The lowest BCUT2D eigenvalue weighted by molar-refractivity contribution is -0.143. The molecule has 2 aliphatic rings. The molecule has 0 aliphatic carbocycles. The van der Waals surface area contributed by atoms with Crippen molar-refractivity contribution < 1.29 is 39.5 Å². The molecule has 0 spiro atoms. The molecule has 196 valence electrons. The van der Waals surface area contributed by atoms with Crippen LogP contribution in [-0.2, 0) is 18.5 Å². The van der Waals surface area contributed by atoms with Crippen molar-refractivity contribution >= 4 is 23.7 Å². The summed E-state index contributed by atoms with van der Waals surface area (Å²) in [5.74, 6) is 0. The standard InChI is InChI=1S/C13H12F6N2S.C7H4ClF3.C2H6/c14-12(15,16)8-4-7(5-9(6-8)13(17,18)19)11-10-2-1-3-21(10)22-20-11;8-6-3-1-5(2-4-6)7(9,10)11;1-2/h4-6,10-11,20H,1-3H2;1-4H;1-2H3. The lowest BCUT2D eigenvalue weighted by Gasteiger charge is -2.21. The summed E-state index contributed by atoms with van der Waals surface area (Å²) in [4.78, 5) is 0. The highest BCUT2D eigenvalue weighted by molar-refractivity contribution is 7.95. The number of nitrogens with zero attached hydrogens (tertiary/aromatic N) is 1. The molecule has 13 heteroatoms. The van der Waals surface area contributed by atoms with Gasteiger partial charge in [-0.15, -0.1) is 0 Å². The fourth-order valence-corrected chi connectivity index (χ4v) is 4.75. The van der Waals surface area contributed by atoms with Gasteiger partial charge in [-0.2, -0.15) is 39.5 Å². The van der Waals surface area contributed by atoms with E-state index < -0.39 is 41.3 Å². The van der Waals surface area contributed by atoms with E-state index in [1.807, 2.05) is 18.2 Å². The highest BCUT2D eigenvalue weighted by Crippen LogP contribution is 2.43. The Morgan fingerprint density at radius 3 is 1.74 bits per heavy atom. The van der Waals surface area contributed by atoms with Crippen LogP contribution < -0.4 is 4.72 Å². The van der Waals surface area contributed by atoms with Crippen LogP contribution in [-0.4, -0.2) is 16.9 Å². The van der Waals surface area contributed by atoms with Crippen LogP contribution in [0.15, 0.2) is 42.5 Å². The first-order valence-electron chi connectivity index (χ1n) is 10.5. The quantitative estimate of drug-likeness (QED) is 0.281. The van der Waals surface area contributed by atoms with Crippen LogP contribution in [0.3, 0.4) is 0 Å². The van der Waals surface area contributed by atoms with E-state index in [1.54, 1.807) is 0 Å². The lowest BCUT2D eigenvalue weighted by atomic mass is 9.95. The van der Waals surface area contributed by atoms with E-state index in [4.69, 9.17) is 11.6 Å². The minimum absolute atomic E-state index is 0.0315. The maximum absolute atomic E-state index is 12.9. The van der Waals surface area contributed by atoms with Crippen LogP contribution in [0.1, 0.15) is 55.0 Å². The Hall–Kier alpha value is -1.63. The molecule has 0 saturated carbocycles. The van der Waals surface area contributed by atoms with Crippen LogP contribution in [0.5, 0.6) is 0 Å². The number of nitrogens with one attached hydrogen (secondary N) is 1. The van der Waals surface area contributed by atoms with Crippen LogP contribution in [0.25, 0.3) is 0 Å². The van der Waals surface area contributed by atoms with E-state index >= 15 is 0 Å². The number of fused-ring (bicyclic) bond motifs is 1. The summed E-state index contributed by atoms with van der Waals surface area (Å²) in [6.45, 7) is 4.78. The number of hydrogen-bond donors (Lipinski definition) is 1. The van der Waals surface area contributed by atoms with E-state index in [-0.39, 0.29) is 17.7 Å². The average Bonchev–Trinajstić information content (AvgIpc) is 3.38. The Bertz CT molecular complexity index is 927. The Kier molecular flexibility index (Phi) is 9.82. The van der Waals surface area contributed by atoms with Gasteiger partial charge in [0.05, 0.1) is 22.7 Å². The van der Waals surface area contributed by atoms with Gasteiger partial charge in [0.15, 0.2) is 0 Å². The summed E-state index contributed by atoms with van der Waals surface area (Å²) in [6.07, 6.45) is -12.2. The summed E-state index contributed by atoms with van der Waals surface area (Å²) in [7, 11) is 0. The van der Waals surface area contributed by atoms with E-state index in [0.29, 0.717) is 5.02 Å². The monoisotopic (exact) mass is 552 g/mol. The molecule has 0 aromatic heterocycles. The molecule has 2 heterocycles. The van der Waals surface area contributed by atoms with Gasteiger partial charge in [0.1, 0.15) is 0 Å². The fraction of sp³-hybridized carbons (Fsp3) is 0.455. The number of benzene rings is 2. The molecule has 35 heavy (non-hydrogen) atoms. The van der Waals surface area contributed by atoms with Gasteiger partial charge in [0, 0.05) is 29.7 Å². The Morgan fingerprint density at radius 1 is 0.800 bits per heavy atom. The van der Waals surface area contributed by atoms with Crippen LogP contribution in [0.2, 0.25) is 5.02 Å². The summed E-state index contributed by atoms with van der Waals surface area (Å²) in [6, 6.07) is 5.51. The summed E-state index contributed by atoms with van der Waals surface area (Å²) in [5, 5.41) is 0.304. The first-order valence-corrected chi connectivity index (χ1v) is 11.6. The minimum Gasteiger partial charge on any atom is -0.241 e. The summed E-state index contributed by atoms with van der Waals surface area (Å²) >= 11 is 6.66. The second-order valence-electron chi connectivity index (χ2n) is 7.38. The second kappa shape index (κ2) is 11.6. The van der Waals surface area contributed by atoms with Gasteiger partial charge >= 0.3 is 18.5 Å². The molecule has 4 rings (SSSR count). The van der Waals surface area contributed by atoms with Crippen molar-refractivity contribution in [2.75, 3.05) is 6.54 Å². The number of halogens is 10. The van der Waals surface area contributed by atoms with Crippen LogP contribution in [0.4, 0.5) is 39.5 Å². The minimum atomic E-state index is -4.81. The first kappa shape index (κ1) is 29.6. The summed E-state index contributed by atoms with van der Waals surface area (Å²) in [5.41, 5.74) is -3.17. The molecule has 2 aromatic carbocycles. The fourth-order valence-electron chi connectivity index (χ4n) is 3.50. The third kappa shape index (κ3) is 7.93. The Morgan fingerprint density at radius 2 is 1.29 bits per heavy atom. The maximum Gasteiger partial charge on any atom is 0.416 e. The Balaban J connectivity index is 0.000000280. The number of hydrogen-bond acceptors (Lipinski definition) is 3. The van der Waals surface area contributed by atoms with Crippen molar-refractivity contribution in [2.45, 2.75) is 57.3 Å². The molecular formula is C22H22ClF9N2S. The lowest BCUT2D eigenvalue weighted by Crippen LogP contribution is -2.25. The van der Waals surface area contributed by atoms with Gasteiger partial charge in [0.25, 0.3) is 0 Å². The number of alkyl halides is 9. The third-order valence-electron chi connectivity index (χ3n) is 5.07. The second-order valence-corrected chi connectivity index (χ2v) is 8.70. The van der Waals surface area contributed by atoms with E-state index in [1.165, 1.54) is 24.3 Å². The molecule has 2 saturated heterocycles. The van der Waals surface area contributed by atoms with Gasteiger partial charge in [-0.3, -0.25) is 0 Å². The zero-order valence-electron chi connectivity index (χ0n) is 18.5. The molecule has 2 aromatic rings. The van der Waals surface area contributed by atoms with E-state index in [2.05, 4.69) is 4.72 Å². The first-order chi connectivity index (χ1) is 16.2. The molecule has 0 amide bonds. The maximum atomic E-state index is 12.9. The predicted octanol–water partition coefficient (Wildman–Crippen LogP) is 8.78. The molecule has 2 nitrogen and oxygen atoms in total. The van der Waals surface area contributed by atoms with Gasteiger partial charge < -0.3 is 0 Å². The van der Waals surface area contributed by atoms with Gasteiger partial charge in [-0.05, 0) is 60.9 Å². The highest BCUT2D eigenvalue weighted by atomic mass is 35.5. The van der Waals surface area contributed by atoms with E-state index in [9.17, 15) is 39.5 Å².